The third-order valence-electron chi connectivity index (χ3n) is 4.24. The number of rotatable bonds is 11. The molecule has 0 spiro atoms. The number of unbranched alkanes of at least 4 members (excludes halogenated alkanes) is 5. The number of nitrogens with one attached hydrogen (secondary N) is 1. The first-order valence-corrected chi connectivity index (χ1v) is 10.4. The summed E-state index contributed by atoms with van der Waals surface area (Å²) in [6, 6.07) is 12.0. The van der Waals surface area contributed by atoms with Crippen molar-refractivity contribution >= 4 is 28.1 Å². The third kappa shape index (κ3) is 7.72. The van der Waals surface area contributed by atoms with Gasteiger partial charge in [0, 0.05) is 15.6 Å². The van der Waals surface area contributed by atoms with Crippen molar-refractivity contribution in [2.45, 2.75) is 45.4 Å². The molecule has 0 radical (unpaired) electrons. The summed E-state index contributed by atoms with van der Waals surface area (Å²) in [6.07, 6.45) is 8.75. The highest BCUT2D eigenvalue weighted by Crippen LogP contribution is 2.20. The van der Waals surface area contributed by atoms with Crippen LogP contribution in [0.25, 0.3) is 0 Å². The number of carbonyl (C=O) groups excluding carboxylic acids is 1. The Morgan fingerprint density at radius 1 is 1.11 bits per heavy atom. The fourth-order valence-corrected chi connectivity index (χ4v) is 3.01. The van der Waals surface area contributed by atoms with E-state index in [9.17, 15) is 9.90 Å². The number of nitrogens with zero attached hydrogens (tertiary/aromatic N) is 1. The molecule has 0 bridgehead atoms. The zero-order valence-corrected chi connectivity index (χ0v) is 17.7. The predicted octanol–water partition coefficient (Wildman–Crippen LogP) is 5.66. The van der Waals surface area contributed by atoms with Gasteiger partial charge in [-0.25, -0.2) is 5.43 Å². The van der Waals surface area contributed by atoms with Gasteiger partial charge in [-0.1, -0.05) is 55.0 Å². The molecular formula is C22H27BrN2O3. The van der Waals surface area contributed by atoms with Gasteiger partial charge < -0.3 is 9.84 Å². The van der Waals surface area contributed by atoms with E-state index in [2.05, 4.69) is 33.4 Å². The van der Waals surface area contributed by atoms with Gasteiger partial charge in [-0.3, -0.25) is 4.79 Å². The standard InChI is InChI=1S/C22H27BrN2O3/c1-2-3-4-5-6-7-14-28-20-11-8-17(9-12-20)22(27)25-24-16-18-15-19(23)10-13-21(18)26/h8-13,15-16,26H,2-7,14H2,1H3,(H,25,27). The SMILES string of the molecule is CCCCCCCCOc1ccc(C(=O)NN=Cc2cc(Br)ccc2O)cc1. The van der Waals surface area contributed by atoms with Gasteiger partial charge in [0.15, 0.2) is 0 Å². The Balaban J connectivity index is 1.75. The van der Waals surface area contributed by atoms with Crippen molar-refractivity contribution in [2.24, 2.45) is 5.10 Å². The molecule has 28 heavy (non-hydrogen) atoms. The molecule has 2 aromatic carbocycles. The average molecular weight is 447 g/mol. The summed E-state index contributed by atoms with van der Waals surface area (Å²) in [6.45, 7) is 2.91. The number of benzene rings is 2. The lowest BCUT2D eigenvalue weighted by molar-refractivity contribution is 0.0955. The van der Waals surface area contributed by atoms with Crippen molar-refractivity contribution in [2.75, 3.05) is 6.61 Å². The van der Waals surface area contributed by atoms with E-state index < -0.39 is 0 Å². The van der Waals surface area contributed by atoms with Crippen LogP contribution in [0, 0.1) is 0 Å². The molecule has 0 saturated carbocycles. The number of hydrogen-bond donors (Lipinski definition) is 2. The van der Waals surface area contributed by atoms with Crippen LogP contribution in [-0.4, -0.2) is 23.8 Å². The first-order chi connectivity index (χ1) is 13.6. The fraction of sp³-hybridized carbons (Fsp3) is 0.364. The van der Waals surface area contributed by atoms with Crippen molar-refractivity contribution in [3.63, 3.8) is 0 Å². The van der Waals surface area contributed by atoms with Crippen molar-refractivity contribution in [1.82, 2.24) is 5.43 Å². The summed E-state index contributed by atoms with van der Waals surface area (Å²) in [5.74, 6) is 0.522. The van der Waals surface area contributed by atoms with E-state index in [0.717, 1.165) is 16.6 Å². The van der Waals surface area contributed by atoms with Crippen LogP contribution in [0.1, 0.15) is 61.4 Å². The minimum Gasteiger partial charge on any atom is -0.507 e. The zero-order chi connectivity index (χ0) is 20.2. The molecule has 0 unspecified atom stereocenters. The number of hydrogen-bond acceptors (Lipinski definition) is 4. The summed E-state index contributed by atoms with van der Waals surface area (Å²) in [5, 5.41) is 13.6. The van der Waals surface area contributed by atoms with Crippen LogP contribution in [0.3, 0.4) is 0 Å². The second-order valence-corrected chi connectivity index (χ2v) is 7.46. The number of carbonyl (C=O) groups is 1. The summed E-state index contributed by atoms with van der Waals surface area (Å²) >= 11 is 3.32. The van der Waals surface area contributed by atoms with Gasteiger partial charge in [-0.2, -0.15) is 5.10 Å². The predicted molar refractivity (Wildman–Crippen MR) is 116 cm³/mol. The number of phenolic OH excluding ortho intramolecular Hbond substituents is 1. The van der Waals surface area contributed by atoms with Gasteiger partial charge in [-0.05, 0) is 48.9 Å². The maximum atomic E-state index is 12.1. The molecule has 0 aliphatic rings. The zero-order valence-electron chi connectivity index (χ0n) is 16.2. The van der Waals surface area contributed by atoms with Gasteiger partial charge in [0.1, 0.15) is 11.5 Å². The normalized spacial score (nSPS) is 10.9. The number of amides is 1. The van der Waals surface area contributed by atoms with Crippen LogP contribution in [0.4, 0.5) is 0 Å². The molecule has 2 rings (SSSR count). The Kier molecular flexibility index (Phi) is 9.55. The van der Waals surface area contributed by atoms with Crippen LogP contribution in [0.5, 0.6) is 11.5 Å². The molecule has 0 atom stereocenters. The highest BCUT2D eigenvalue weighted by atomic mass is 79.9. The molecule has 150 valence electrons. The molecule has 6 heteroatoms. The summed E-state index contributed by atoms with van der Waals surface area (Å²) < 4.78 is 6.53. The highest BCUT2D eigenvalue weighted by molar-refractivity contribution is 9.10. The van der Waals surface area contributed by atoms with Crippen LogP contribution < -0.4 is 10.2 Å². The number of phenols is 1. The topological polar surface area (TPSA) is 70.9 Å². The first-order valence-electron chi connectivity index (χ1n) is 9.65. The molecule has 2 aromatic rings. The molecule has 0 saturated heterocycles. The smallest absolute Gasteiger partial charge is 0.271 e. The fourth-order valence-electron chi connectivity index (χ4n) is 2.63. The van der Waals surface area contributed by atoms with E-state index in [-0.39, 0.29) is 11.7 Å². The lowest BCUT2D eigenvalue weighted by Crippen LogP contribution is -2.17. The number of ether oxygens (including phenoxy) is 1. The molecule has 5 nitrogen and oxygen atoms in total. The lowest BCUT2D eigenvalue weighted by Gasteiger charge is -2.07. The van der Waals surface area contributed by atoms with Crippen molar-refractivity contribution in [3.05, 3.63) is 58.1 Å². The van der Waals surface area contributed by atoms with Gasteiger partial charge in [-0.15, -0.1) is 0 Å². The second kappa shape index (κ2) is 12.2. The molecule has 0 aromatic heterocycles. The Morgan fingerprint density at radius 2 is 1.82 bits per heavy atom. The molecule has 0 fully saturated rings. The molecule has 2 N–H and O–H groups in total. The minimum absolute atomic E-state index is 0.0908. The van der Waals surface area contributed by atoms with Crippen LogP contribution in [-0.2, 0) is 0 Å². The summed E-state index contributed by atoms with van der Waals surface area (Å²) in [7, 11) is 0. The van der Waals surface area contributed by atoms with Gasteiger partial charge in [0.05, 0.1) is 12.8 Å². The van der Waals surface area contributed by atoms with Crippen molar-refractivity contribution < 1.29 is 14.6 Å². The quantitative estimate of drug-likeness (QED) is 0.265. The molecule has 0 heterocycles. The maximum absolute atomic E-state index is 12.1. The van der Waals surface area contributed by atoms with E-state index in [0.29, 0.717) is 17.7 Å². The van der Waals surface area contributed by atoms with Crippen LogP contribution in [0.2, 0.25) is 0 Å². The molecule has 1 amide bonds. The van der Waals surface area contributed by atoms with Gasteiger partial charge in [0.25, 0.3) is 5.91 Å². The number of halogens is 1. The molecule has 0 aliphatic heterocycles. The summed E-state index contributed by atoms with van der Waals surface area (Å²) in [4.78, 5) is 12.1. The van der Waals surface area contributed by atoms with E-state index in [1.807, 2.05) is 0 Å². The summed E-state index contributed by atoms with van der Waals surface area (Å²) in [5.41, 5.74) is 3.45. The van der Waals surface area contributed by atoms with E-state index in [1.165, 1.54) is 38.3 Å². The molecule has 0 aliphatic carbocycles. The Bertz CT molecular complexity index is 776. The van der Waals surface area contributed by atoms with Crippen LogP contribution >= 0.6 is 15.9 Å². The van der Waals surface area contributed by atoms with E-state index >= 15 is 0 Å². The Hall–Kier alpha value is -2.34. The number of aromatic hydroxyl groups is 1. The van der Waals surface area contributed by atoms with Gasteiger partial charge >= 0.3 is 0 Å². The Morgan fingerprint density at radius 3 is 2.57 bits per heavy atom. The number of hydrazone groups is 1. The largest absolute Gasteiger partial charge is 0.507 e. The van der Waals surface area contributed by atoms with Gasteiger partial charge in [0.2, 0.25) is 0 Å². The third-order valence-corrected chi connectivity index (χ3v) is 4.74. The van der Waals surface area contributed by atoms with Crippen molar-refractivity contribution in [1.29, 1.82) is 0 Å². The van der Waals surface area contributed by atoms with Crippen molar-refractivity contribution in [3.8, 4) is 11.5 Å². The van der Waals surface area contributed by atoms with E-state index in [4.69, 9.17) is 4.74 Å². The second-order valence-electron chi connectivity index (χ2n) is 6.54. The van der Waals surface area contributed by atoms with Crippen LogP contribution in [0.15, 0.2) is 52.0 Å². The Labute approximate surface area is 174 Å². The average Bonchev–Trinajstić information content (AvgIpc) is 2.70. The van der Waals surface area contributed by atoms with E-state index in [1.54, 1.807) is 42.5 Å². The monoisotopic (exact) mass is 446 g/mol. The maximum Gasteiger partial charge on any atom is 0.271 e. The lowest BCUT2D eigenvalue weighted by atomic mass is 10.1. The molecular weight excluding hydrogens is 420 g/mol. The minimum atomic E-state index is -0.326. The highest BCUT2D eigenvalue weighted by Gasteiger charge is 2.05. The first kappa shape index (κ1) is 22.0.